The number of aryl methyl sites for hydroxylation is 1. The van der Waals surface area contributed by atoms with Gasteiger partial charge in [0.1, 0.15) is 29.5 Å². The Kier molecular flexibility index (Phi) is 5.11. The molecule has 31 heavy (non-hydrogen) atoms. The summed E-state index contributed by atoms with van der Waals surface area (Å²) < 4.78 is 11.6. The maximum absolute atomic E-state index is 9.72. The van der Waals surface area contributed by atoms with E-state index >= 15 is 0 Å². The van der Waals surface area contributed by atoms with Crippen molar-refractivity contribution in [3.8, 4) is 34.4 Å². The fraction of sp³-hybridized carbons (Fsp3) is 0.200. The lowest BCUT2D eigenvalue weighted by Crippen LogP contribution is -2.01. The average Bonchev–Trinajstić information content (AvgIpc) is 3.43. The lowest BCUT2D eigenvalue weighted by atomic mass is 10.0. The Hall–Kier alpha value is -3.33. The summed E-state index contributed by atoms with van der Waals surface area (Å²) in [5, 5.41) is 19.2. The lowest BCUT2D eigenvalue weighted by molar-refractivity contribution is 0.201. The van der Waals surface area contributed by atoms with E-state index in [2.05, 4.69) is 11.1 Å². The number of aliphatic hydroxyl groups is 1. The molecule has 4 aromatic rings. The fourth-order valence-electron chi connectivity index (χ4n) is 4.19. The molecule has 3 aromatic carbocycles. The minimum Gasteiger partial charge on any atom is -0.491 e. The van der Waals surface area contributed by atoms with Crippen LogP contribution in [0.5, 0.6) is 5.75 Å². The Bertz CT molecular complexity index is 1340. The molecule has 6 heteroatoms. The van der Waals surface area contributed by atoms with Gasteiger partial charge in [-0.3, -0.25) is 0 Å². The van der Waals surface area contributed by atoms with Crippen molar-refractivity contribution in [2.75, 3.05) is 13.2 Å². The highest BCUT2D eigenvalue weighted by Crippen LogP contribution is 2.39. The summed E-state index contributed by atoms with van der Waals surface area (Å²) in [7, 11) is 0. The van der Waals surface area contributed by atoms with Gasteiger partial charge in [0.15, 0.2) is 5.58 Å². The Morgan fingerprint density at radius 3 is 2.81 bits per heavy atom. The molecule has 0 amide bonds. The normalized spacial score (nSPS) is 12.7. The van der Waals surface area contributed by atoms with Crippen molar-refractivity contribution < 1.29 is 14.3 Å². The predicted octanol–water partition coefficient (Wildman–Crippen LogP) is 5.55. The van der Waals surface area contributed by atoms with Crippen LogP contribution in [-0.2, 0) is 12.8 Å². The number of aliphatic hydroxyl groups excluding tert-OH is 1. The third-order valence-electron chi connectivity index (χ3n) is 5.60. The highest BCUT2D eigenvalue weighted by molar-refractivity contribution is 6.36. The molecule has 1 aliphatic carbocycles. The maximum atomic E-state index is 9.72. The molecule has 1 aliphatic rings. The van der Waals surface area contributed by atoms with E-state index in [1.807, 2.05) is 48.5 Å². The molecule has 5 nitrogen and oxygen atoms in total. The third-order valence-corrected chi connectivity index (χ3v) is 6.01. The number of halogens is 1. The van der Waals surface area contributed by atoms with Crippen LogP contribution in [0.15, 0.2) is 52.9 Å². The van der Waals surface area contributed by atoms with Crippen molar-refractivity contribution in [3.05, 3.63) is 70.2 Å². The highest BCUT2D eigenvalue weighted by Gasteiger charge is 2.23. The molecule has 5 rings (SSSR count). The zero-order valence-electron chi connectivity index (χ0n) is 16.7. The molecule has 1 N–H and O–H groups in total. The van der Waals surface area contributed by atoms with Crippen LogP contribution in [0.3, 0.4) is 0 Å². The minimum atomic E-state index is -0.0493. The second-order valence-electron chi connectivity index (χ2n) is 7.49. The van der Waals surface area contributed by atoms with Gasteiger partial charge in [-0.1, -0.05) is 35.9 Å². The fourth-order valence-corrected chi connectivity index (χ4v) is 4.51. The van der Waals surface area contributed by atoms with E-state index in [0.29, 0.717) is 38.9 Å². The second-order valence-corrected chi connectivity index (χ2v) is 7.87. The summed E-state index contributed by atoms with van der Waals surface area (Å²) in [6, 6.07) is 17.6. The maximum Gasteiger partial charge on any atom is 0.228 e. The monoisotopic (exact) mass is 430 g/mol. The van der Waals surface area contributed by atoms with Crippen molar-refractivity contribution >= 4 is 22.7 Å². The Morgan fingerprint density at radius 1 is 1.13 bits per heavy atom. The largest absolute Gasteiger partial charge is 0.491 e. The summed E-state index contributed by atoms with van der Waals surface area (Å²) in [4.78, 5) is 4.67. The first-order chi connectivity index (χ1) is 15.2. The minimum absolute atomic E-state index is 0.0493. The first-order valence-corrected chi connectivity index (χ1v) is 10.6. The zero-order valence-corrected chi connectivity index (χ0v) is 17.4. The molecule has 0 radical (unpaired) electrons. The first kappa shape index (κ1) is 19.6. The van der Waals surface area contributed by atoms with Crippen LogP contribution in [0.4, 0.5) is 0 Å². The van der Waals surface area contributed by atoms with Gasteiger partial charge in [0.2, 0.25) is 5.89 Å². The van der Waals surface area contributed by atoms with Gasteiger partial charge in [0.05, 0.1) is 17.2 Å². The molecule has 0 saturated heterocycles. The predicted molar refractivity (Wildman–Crippen MR) is 119 cm³/mol. The standard InChI is InChI=1S/C25H19ClN2O3/c26-23-19(15-4-1-6-17(12-15)30-11-10-29)8-3-9-20(23)25-28-22-13-16-5-2-7-18(16)21(14-27)24(22)31-25/h1,3-4,6,8-9,12-13,29H,2,5,7,10-11H2. The van der Waals surface area contributed by atoms with Crippen LogP contribution in [0.1, 0.15) is 23.1 Å². The van der Waals surface area contributed by atoms with Crippen molar-refractivity contribution in [3.63, 3.8) is 0 Å². The van der Waals surface area contributed by atoms with Crippen LogP contribution in [0, 0.1) is 11.3 Å². The molecule has 0 saturated carbocycles. The van der Waals surface area contributed by atoms with E-state index in [4.69, 9.17) is 25.9 Å². The van der Waals surface area contributed by atoms with Crippen molar-refractivity contribution in [2.45, 2.75) is 19.3 Å². The van der Waals surface area contributed by atoms with Crippen LogP contribution in [-0.4, -0.2) is 23.3 Å². The summed E-state index contributed by atoms with van der Waals surface area (Å²) in [5.74, 6) is 1.05. The lowest BCUT2D eigenvalue weighted by Gasteiger charge is -2.10. The number of hydrogen-bond donors (Lipinski definition) is 1. The van der Waals surface area contributed by atoms with E-state index in [1.165, 1.54) is 5.56 Å². The van der Waals surface area contributed by atoms with Crippen molar-refractivity contribution in [2.24, 2.45) is 0 Å². The van der Waals surface area contributed by atoms with Crippen molar-refractivity contribution in [1.29, 1.82) is 5.26 Å². The van der Waals surface area contributed by atoms with Crippen molar-refractivity contribution in [1.82, 2.24) is 4.98 Å². The third kappa shape index (κ3) is 3.44. The molecular formula is C25H19ClN2O3. The van der Waals surface area contributed by atoms with Crippen LogP contribution in [0.2, 0.25) is 5.02 Å². The number of aromatic nitrogens is 1. The van der Waals surface area contributed by atoms with E-state index in [0.717, 1.165) is 36.0 Å². The van der Waals surface area contributed by atoms with Crippen LogP contribution < -0.4 is 4.74 Å². The van der Waals surface area contributed by atoms with Gasteiger partial charge in [-0.25, -0.2) is 4.98 Å². The molecule has 1 heterocycles. The SMILES string of the molecule is N#Cc1c2c(cc3nc(-c4cccc(-c5cccc(OCCO)c5)c4Cl)oc13)CCC2. The molecule has 0 spiro atoms. The first-order valence-electron chi connectivity index (χ1n) is 10.2. The molecular weight excluding hydrogens is 412 g/mol. The van der Waals surface area contributed by atoms with E-state index in [-0.39, 0.29) is 13.2 Å². The number of fused-ring (bicyclic) bond motifs is 2. The van der Waals surface area contributed by atoms with Gasteiger partial charge in [0.25, 0.3) is 0 Å². The zero-order chi connectivity index (χ0) is 21.4. The summed E-state index contributed by atoms with van der Waals surface area (Å²) in [5.41, 5.74) is 6.44. The van der Waals surface area contributed by atoms with Gasteiger partial charge in [-0.15, -0.1) is 0 Å². The van der Waals surface area contributed by atoms with Gasteiger partial charge >= 0.3 is 0 Å². The molecule has 0 unspecified atom stereocenters. The number of nitrogens with zero attached hydrogens (tertiary/aromatic N) is 2. The Morgan fingerprint density at radius 2 is 1.97 bits per heavy atom. The highest BCUT2D eigenvalue weighted by atomic mass is 35.5. The van der Waals surface area contributed by atoms with Gasteiger partial charge < -0.3 is 14.3 Å². The number of rotatable bonds is 5. The average molecular weight is 431 g/mol. The van der Waals surface area contributed by atoms with E-state index < -0.39 is 0 Å². The van der Waals surface area contributed by atoms with E-state index in [9.17, 15) is 5.26 Å². The molecule has 0 bridgehead atoms. The molecule has 0 atom stereocenters. The number of ether oxygens (including phenoxy) is 1. The van der Waals surface area contributed by atoms with Gasteiger partial charge in [-0.05, 0) is 60.2 Å². The van der Waals surface area contributed by atoms with Crippen LogP contribution in [0.25, 0.3) is 33.7 Å². The molecule has 0 fully saturated rings. The molecule has 154 valence electrons. The molecule has 0 aliphatic heterocycles. The topological polar surface area (TPSA) is 79.3 Å². The number of nitriles is 1. The molecule has 1 aromatic heterocycles. The summed E-state index contributed by atoms with van der Waals surface area (Å²) >= 11 is 6.79. The quantitative estimate of drug-likeness (QED) is 0.449. The van der Waals surface area contributed by atoms with Gasteiger partial charge in [-0.2, -0.15) is 5.26 Å². The Balaban J connectivity index is 1.60. The smallest absolute Gasteiger partial charge is 0.228 e. The number of benzene rings is 3. The summed E-state index contributed by atoms with van der Waals surface area (Å²) in [6.45, 7) is 0.178. The number of oxazole rings is 1. The van der Waals surface area contributed by atoms with Crippen LogP contribution >= 0.6 is 11.6 Å². The van der Waals surface area contributed by atoms with Gasteiger partial charge in [0, 0.05) is 5.56 Å². The number of hydrogen-bond acceptors (Lipinski definition) is 5. The van der Waals surface area contributed by atoms with E-state index in [1.54, 1.807) is 0 Å². The second kappa shape index (κ2) is 8.07. The Labute approximate surface area is 184 Å². The summed E-state index contributed by atoms with van der Waals surface area (Å²) in [6.07, 6.45) is 2.92.